The van der Waals surface area contributed by atoms with Crippen LogP contribution in [0, 0.1) is 13.8 Å². The van der Waals surface area contributed by atoms with Crippen LogP contribution < -0.4 is 14.8 Å². The first-order valence-electron chi connectivity index (χ1n) is 8.65. The van der Waals surface area contributed by atoms with Gasteiger partial charge in [0.25, 0.3) is 0 Å². The molecule has 0 radical (unpaired) electrons. The molecule has 1 aromatic carbocycles. The lowest BCUT2D eigenvalue weighted by Gasteiger charge is -2.36. The summed E-state index contributed by atoms with van der Waals surface area (Å²) in [4.78, 5) is 0. The van der Waals surface area contributed by atoms with Crippen LogP contribution in [0.2, 0.25) is 0 Å². The number of nitrogens with one attached hydrogen (secondary N) is 1. The van der Waals surface area contributed by atoms with Crippen LogP contribution in [0.1, 0.15) is 41.8 Å². The third-order valence-corrected chi connectivity index (χ3v) is 4.85. The van der Waals surface area contributed by atoms with E-state index in [1.165, 1.54) is 0 Å². The molecule has 1 aromatic heterocycles. The lowest BCUT2D eigenvalue weighted by atomic mass is 9.80. The second kappa shape index (κ2) is 7.45. The van der Waals surface area contributed by atoms with E-state index < -0.39 is 5.60 Å². The van der Waals surface area contributed by atoms with Crippen molar-refractivity contribution in [2.75, 3.05) is 13.7 Å². The quantitative estimate of drug-likeness (QED) is 0.765. The monoisotopic (exact) mass is 346 g/mol. The summed E-state index contributed by atoms with van der Waals surface area (Å²) in [7, 11) is 1.63. The number of rotatable bonds is 8. The smallest absolute Gasteiger partial charge is 0.161 e. The van der Waals surface area contributed by atoms with E-state index in [2.05, 4.69) is 10.5 Å². The predicted molar refractivity (Wildman–Crippen MR) is 93.8 cm³/mol. The lowest BCUT2D eigenvalue weighted by molar-refractivity contribution is -0.0314. The zero-order valence-corrected chi connectivity index (χ0v) is 15.1. The van der Waals surface area contributed by atoms with Gasteiger partial charge in [0.1, 0.15) is 12.4 Å². The predicted octanol–water partition coefficient (Wildman–Crippen LogP) is 2.88. The second-order valence-electron chi connectivity index (χ2n) is 6.76. The first-order chi connectivity index (χ1) is 12.0. The third kappa shape index (κ3) is 4.14. The van der Waals surface area contributed by atoms with Gasteiger partial charge in [0, 0.05) is 13.1 Å². The van der Waals surface area contributed by atoms with Gasteiger partial charge in [0.15, 0.2) is 11.5 Å². The number of aryl methyl sites for hydroxylation is 2. The summed E-state index contributed by atoms with van der Waals surface area (Å²) in [5.41, 5.74) is 2.37. The summed E-state index contributed by atoms with van der Waals surface area (Å²) in [6.45, 7) is 5.47. The summed E-state index contributed by atoms with van der Waals surface area (Å²) >= 11 is 0. The number of hydrogen-bond donors (Lipinski definition) is 2. The fourth-order valence-electron chi connectivity index (χ4n) is 3.00. The maximum Gasteiger partial charge on any atom is 0.161 e. The van der Waals surface area contributed by atoms with Crippen LogP contribution in [0.4, 0.5) is 0 Å². The van der Waals surface area contributed by atoms with Gasteiger partial charge in [-0.05, 0) is 50.8 Å². The van der Waals surface area contributed by atoms with Crippen LogP contribution in [0.15, 0.2) is 22.7 Å². The molecule has 6 heteroatoms. The van der Waals surface area contributed by atoms with Crippen LogP contribution in [-0.4, -0.2) is 29.5 Å². The molecule has 136 valence electrons. The Bertz CT molecular complexity index is 703. The lowest BCUT2D eigenvalue weighted by Crippen LogP contribution is -2.45. The Morgan fingerprint density at radius 1 is 1.28 bits per heavy atom. The normalized spacial score (nSPS) is 15.7. The summed E-state index contributed by atoms with van der Waals surface area (Å²) in [6, 6.07) is 5.87. The van der Waals surface area contributed by atoms with Crippen molar-refractivity contribution in [2.24, 2.45) is 0 Å². The van der Waals surface area contributed by atoms with Crippen molar-refractivity contribution in [1.29, 1.82) is 0 Å². The minimum absolute atomic E-state index is 0.391. The molecule has 1 aliphatic rings. The average molecular weight is 346 g/mol. The Morgan fingerprint density at radius 3 is 2.68 bits per heavy atom. The van der Waals surface area contributed by atoms with Crippen molar-refractivity contribution >= 4 is 0 Å². The fraction of sp³-hybridized carbons (Fsp3) is 0.526. The Labute approximate surface area is 148 Å². The molecule has 0 bridgehead atoms. The Hall–Kier alpha value is -2.05. The molecule has 2 N–H and O–H groups in total. The molecule has 0 amide bonds. The van der Waals surface area contributed by atoms with E-state index in [1.807, 2.05) is 32.0 Å². The minimum Gasteiger partial charge on any atom is -0.493 e. The van der Waals surface area contributed by atoms with Gasteiger partial charge in [-0.2, -0.15) is 0 Å². The number of benzene rings is 1. The van der Waals surface area contributed by atoms with E-state index in [1.54, 1.807) is 7.11 Å². The summed E-state index contributed by atoms with van der Waals surface area (Å²) in [5.74, 6) is 2.14. The number of ether oxygens (including phenoxy) is 2. The molecule has 0 saturated heterocycles. The van der Waals surface area contributed by atoms with Gasteiger partial charge in [0.05, 0.1) is 24.0 Å². The number of methoxy groups -OCH3 is 1. The number of aliphatic hydroxyl groups is 1. The van der Waals surface area contributed by atoms with Crippen LogP contribution in [0.3, 0.4) is 0 Å². The summed E-state index contributed by atoms with van der Waals surface area (Å²) in [5, 5.41) is 17.4. The highest BCUT2D eigenvalue weighted by molar-refractivity contribution is 5.43. The molecule has 0 atom stereocenters. The highest BCUT2D eigenvalue weighted by Crippen LogP contribution is 2.31. The van der Waals surface area contributed by atoms with Crippen molar-refractivity contribution in [3.8, 4) is 11.5 Å². The first-order valence-corrected chi connectivity index (χ1v) is 8.65. The fourth-order valence-corrected chi connectivity index (χ4v) is 3.00. The maximum atomic E-state index is 10.1. The SMILES string of the molecule is COc1cc(CNCC2(O)CCC2)ccc1OCc1c(C)noc1C. The van der Waals surface area contributed by atoms with Crippen LogP contribution in [0.25, 0.3) is 0 Å². The molecular weight excluding hydrogens is 320 g/mol. The molecule has 3 rings (SSSR count). The molecule has 0 aliphatic heterocycles. The van der Waals surface area contributed by atoms with Crippen LogP contribution >= 0.6 is 0 Å². The zero-order valence-electron chi connectivity index (χ0n) is 15.1. The van der Waals surface area contributed by atoms with Gasteiger partial charge in [-0.15, -0.1) is 0 Å². The minimum atomic E-state index is -0.512. The Kier molecular flexibility index (Phi) is 5.30. The average Bonchev–Trinajstić information content (AvgIpc) is 2.90. The van der Waals surface area contributed by atoms with Crippen molar-refractivity contribution in [1.82, 2.24) is 10.5 Å². The maximum absolute atomic E-state index is 10.1. The van der Waals surface area contributed by atoms with E-state index in [-0.39, 0.29) is 0 Å². The molecule has 0 unspecified atom stereocenters. The van der Waals surface area contributed by atoms with Gasteiger partial charge in [-0.25, -0.2) is 0 Å². The Morgan fingerprint density at radius 2 is 2.08 bits per heavy atom. The second-order valence-corrected chi connectivity index (χ2v) is 6.76. The first kappa shape index (κ1) is 17.8. The van der Waals surface area contributed by atoms with Crippen molar-refractivity contribution < 1.29 is 19.1 Å². The molecule has 1 heterocycles. The van der Waals surface area contributed by atoms with Crippen molar-refractivity contribution in [2.45, 2.75) is 51.9 Å². The van der Waals surface area contributed by atoms with E-state index in [0.717, 1.165) is 41.8 Å². The van der Waals surface area contributed by atoms with Crippen LogP contribution in [-0.2, 0) is 13.2 Å². The van der Waals surface area contributed by atoms with Gasteiger partial charge in [-0.1, -0.05) is 11.2 Å². The summed E-state index contributed by atoms with van der Waals surface area (Å²) in [6.07, 6.45) is 2.89. The largest absolute Gasteiger partial charge is 0.493 e. The van der Waals surface area contributed by atoms with E-state index in [9.17, 15) is 5.11 Å². The molecule has 2 aromatic rings. The number of nitrogens with zero attached hydrogens (tertiary/aromatic N) is 1. The zero-order chi connectivity index (χ0) is 17.9. The van der Waals surface area contributed by atoms with Crippen molar-refractivity contribution in [3.05, 3.63) is 40.8 Å². The van der Waals surface area contributed by atoms with E-state index >= 15 is 0 Å². The van der Waals surface area contributed by atoms with Crippen molar-refractivity contribution in [3.63, 3.8) is 0 Å². The molecule has 1 saturated carbocycles. The van der Waals surface area contributed by atoms with E-state index in [4.69, 9.17) is 14.0 Å². The highest BCUT2D eigenvalue weighted by Gasteiger charge is 2.33. The molecule has 25 heavy (non-hydrogen) atoms. The highest BCUT2D eigenvalue weighted by atomic mass is 16.5. The topological polar surface area (TPSA) is 76.8 Å². The molecule has 1 aliphatic carbocycles. The standard InChI is InChI=1S/C19H26N2O4/c1-13-16(14(2)25-21-13)11-24-17-6-5-15(9-18(17)23-3)10-20-12-19(22)7-4-8-19/h5-6,9,20,22H,4,7-8,10-12H2,1-3H3. The van der Waals surface area contributed by atoms with Gasteiger partial charge in [-0.3, -0.25) is 0 Å². The summed E-state index contributed by atoms with van der Waals surface area (Å²) < 4.78 is 16.5. The molecular formula is C19H26N2O4. The number of aromatic nitrogens is 1. The van der Waals surface area contributed by atoms with Gasteiger partial charge >= 0.3 is 0 Å². The van der Waals surface area contributed by atoms with E-state index in [0.29, 0.717) is 31.2 Å². The third-order valence-electron chi connectivity index (χ3n) is 4.85. The Balaban J connectivity index is 1.59. The van der Waals surface area contributed by atoms with Crippen LogP contribution in [0.5, 0.6) is 11.5 Å². The van der Waals surface area contributed by atoms with Gasteiger partial charge in [0.2, 0.25) is 0 Å². The molecule has 6 nitrogen and oxygen atoms in total. The molecule has 1 fully saturated rings. The van der Waals surface area contributed by atoms with Gasteiger partial charge < -0.3 is 24.4 Å². The number of hydrogen-bond acceptors (Lipinski definition) is 6. The molecule has 0 spiro atoms.